The normalized spacial score (nSPS) is 16.4. The molecule has 2 rings (SSSR count). The van der Waals surface area contributed by atoms with Gasteiger partial charge in [0, 0.05) is 30.8 Å². The Morgan fingerprint density at radius 3 is 2.46 bits per heavy atom. The lowest BCUT2D eigenvalue weighted by Gasteiger charge is -2.11. The second kappa shape index (κ2) is 9.74. The predicted molar refractivity (Wildman–Crippen MR) is 94.6 cm³/mol. The van der Waals surface area contributed by atoms with Crippen LogP contribution in [-0.4, -0.2) is 24.5 Å². The standard InChI is InChI=1S/C19H24N2O3/c1-2-3-4-5-6-9-18(22)20-15-10-12-16(13-11-15)21-19(23)17-8-7-14-24-17/h1,10-13,17H,3-9,14H2,(H,20,22)(H,21,23)/t17-/m0/s1. The number of ether oxygens (including phenoxy) is 1. The monoisotopic (exact) mass is 328 g/mol. The fraction of sp³-hybridized carbons (Fsp3) is 0.474. The number of nitrogens with one attached hydrogen (secondary N) is 2. The van der Waals surface area contributed by atoms with E-state index in [9.17, 15) is 9.59 Å². The van der Waals surface area contributed by atoms with Crippen molar-refractivity contribution in [3.8, 4) is 12.3 Å². The van der Waals surface area contributed by atoms with Crippen molar-refractivity contribution in [3.05, 3.63) is 24.3 Å². The first kappa shape index (κ1) is 18.0. The van der Waals surface area contributed by atoms with Crippen molar-refractivity contribution in [2.45, 2.75) is 51.0 Å². The van der Waals surface area contributed by atoms with Gasteiger partial charge in [-0.15, -0.1) is 12.3 Å². The number of anilines is 2. The molecule has 5 nitrogen and oxygen atoms in total. The molecule has 1 aromatic rings. The number of amides is 2. The Morgan fingerprint density at radius 1 is 1.12 bits per heavy atom. The predicted octanol–water partition coefficient (Wildman–Crippen LogP) is 3.33. The summed E-state index contributed by atoms with van der Waals surface area (Å²) in [6.07, 6.45) is 10.5. The number of hydrogen-bond donors (Lipinski definition) is 2. The van der Waals surface area contributed by atoms with Crippen molar-refractivity contribution in [2.24, 2.45) is 0 Å². The molecule has 1 aliphatic heterocycles. The smallest absolute Gasteiger partial charge is 0.253 e. The average Bonchev–Trinajstić information content (AvgIpc) is 3.11. The molecule has 1 aromatic carbocycles. The molecule has 2 N–H and O–H groups in total. The van der Waals surface area contributed by atoms with Crippen LogP contribution in [0.25, 0.3) is 0 Å². The Morgan fingerprint density at radius 2 is 1.83 bits per heavy atom. The largest absolute Gasteiger partial charge is 0.368 e. The molecule has 5 heteroatoms. The number of hydrogen-bond acceptors (Lipinski definition) is 3. The summed E-state index contributed by atoms with van der Waals surface area (Å²) < 4.78 is 5.35. The maximum Gasteiger partial charge on any atom is 0.253 e. The highest BCUT2D eigenvalue weighted by molar-refractivity contribution is 5.95. The summed E-state index contributed by atoms with van der Waals surface area (Å²) in [7, 11) is 0. The summed E-state index contributed by atoms with van der Waals surface area (Å²) in [6, 6.07) is 7.10. The number of carbonyl (C=O) groups excluding carboxylic acids is 2. The van der Waals surface area contributed by atoms with Gasteiger partial charge in [-0.3, -0.25) is 9.59 Å². The van der Waals surface area contributed by atoms with Gasteiger partial charge in [0.25, 0.3) is 5.91 Å². The molecule has 1 heterocycles. The zero-order valence-corrected chi connectivity index (χ0v) is 13.8. The van der Waals surface area contributed by atoms with E-state index in [0.717, 1.165) is 44.2 Å². The minimum Gasteiger partial charge on any atom is -0.368 e. The molecule has 1 atom stereocenters. The third kappa shape index (κ3) is 6.05. The van der Waals surface area contributed by atoms with E-state index in [1.54, 1.807) is 24.3 Å². The van der Waals surface area contributed by atoms with Crippen LogP contribution in [0.3, 0.4) is 0 Å². The molecule has 0 aromatic heterocycles. The van der Waals surface area contributed by atoms with E-state index in [-0.39, 0.29) is 17.9 Å². The second-order valence-corrected chi connectivity index (χ2v) is 5.88. The summed E-state index contributed by atoms with van der Waals surface area (Å²) in [5, 5.41) is 5.68. The minimum atomic E-state index is -0.348. The van der Waals surface area contributed by atoms with Crippen LogP contribution in [0.1, 0.15) is 44.9 Å². The fourth-order valence-electron chi connectivity index (χ4n) is 2.56. The Balaban J connectivity index is 1.72. The van der Waals surface area contributed by atoms with Gasteiger partial charge in [-0.1, -0.05) is 6.42 Å². The van der Waals surface area contributed by atoms with Gasteiger partial charge < -0.3 is 15.4 Å². The highest BCUT2D eigenvalue weighted by Crippen LogP contribution is 2.17. The molecular formula is C19H24N2O3. The van der Waals surface area contributed by atoms with Gasteiger partial charge in [-0.2, -0.15) is 0 Å². The maximum absolute atomic E-state index is 12.0. The van der Waals surface area contributed by atoms with Crippen LogP contribution < -0.4 is 10.6 Å². The lowest BCUT2D eigenvalue weighted by molar-refractivity contribution is -0.124. The van der Waals surface area contributed by atoms with Crippen LogP contribution in [0.5, 0.6) is 0 Å². The van der Waals surface area contributed by atoms with Crippen LogP contribution in [-0.2, 0) is 14.3 Å². The third-order valence-corrected chi connectivity index (χ3v) is 3.88. The molecule has 1 saturated heterocycles. The maximum atomic E-state index is 12.0. The van der Waals surface area contributed by atoms with Crippen LogP contribution >= 0.6 is 0 Å². The lowest BCUT2D eigenvalue weighted by Crippen LogP contribution is -2.26. The van der Waals surface area contributed by atoms with E-state index < -0.39 is 0 Å². The van der Waals surface area contributed by atoms with Gasteiger partial charge in [0.15, 0.2) is 0 Å². The van der Waals surface area contributed by atoms with E-state index in [4.69, 9.17) is 11.2 Å². The third-order valence-electron chi connectivity index (χ3n) is 3.88. The average molecular weight is 328 g/mol. The summed E-state index contributed by atoms with van der Waals surface area (Å²) >= 11 is 0. The number of rotatable bonds is 8. The SMILES string of the molecule is C#CCCCCCC(=O)Nc1ccc(NC(=O)[C@@H]2CCCO2)cc1. The molecule has 24 heavy (non-hydrogen) atoms. The zero-order chi connectivity index (χ0) is 17.2. The van der Waals surface area contributed by atoms with Crippen LogP contribution in [0.2, 0.25) is 0 Å². The quantitative estimate of drug-likeness (QED) is 0.568. The summed E-state index contributed by atoms with van der Waals surface area (Å²) in [5.41, 5.74) is 1.42. The van der Waals surface area contributed by atoms with Crippen molar-refractivity contribution in [2.75, 3.05) is 17.2 Å². The van der Waals surface area contributed by atoms with Crippen LogP contribution in [0, 0.1) is 12.3 Å². The van der Waals surface area contributed by atoms with Crippen molar-refractivity contribution < 1.29 is 14.3 Å². The molecule has 0 unspecified atom stereocenters. The summed E-state index contributed by atoms with van der Waals surface area (Å²) in [5.74, 6) is 2.47. The molecule has 0 saturated carbocycles. The topological polar surface area (TPSA) is 67.4 Å². The summed E-state index contributed by atoms with van der Waals surface area (Å²) in [4.78, 5) is 23.8. The summed E-state index contributed by atoms with van der Waals surface area (Å²) in [6.45, 7) is 0.645. The molecule has 1 fully saturated rings. The molecule has 0 radical (unpaired) electrons. The Hall–Kier alpha value is -2.32. The van der Waals surface area contributed by atoms with Gasteiger partial charge in [0.05, 0.1) is 0 Å². The van der Waals surface area contributed by atoms with Crippen molar-refractivity contribution in [1.82, 2.24) is 0 Å². The zero-order valence-electron chi connectivity index (χ0n) is 13.8. The number of unbranched alkanes of at least 4 members (excludes halogenated alkanes) is 3. The lowest BCUT2D eigenvalue weighted by atomic mass is 10.1. The van der Waals surface area contributed by atoms with Crippen molar-refractivity contribution in [1.29, 1.82) is 0 Å². The van der Waals surface area contributed by atoms with Gasteiger partial charge in [0.1, 0.15) is 6.10 Å². The molecular weight excluding hydrogens is 304 g/mol. The first-order chi connectivity index (χ1) is 11.7. The first-order valence-corrected chi connectivity index (χ1v) is 8.45. The van der Waals surface area contributed by atoms with Gasteiger partial charge >= 0.3 is 0 Å². The molecule has 0 bridgehead atoms. The van der Waals surface area contributed by atoms with E-state index in [1.807, 2.05) is 0 Å². The number of carbonyl (C=O) groups is 2. The van der Waals surface area contributed by atoms with Gasteiger partial charge in [-0.25, -0.2) is 0 Å². The molecule has 128 valence electrons. The Kier molecular flexibility index (Phi) is 7.31. The number of benzene rings is 1. The highest BCUT2D eigenvalue weighted by atomic mass is 16.5. The Bertz CT molecular complexity index is 584. The van der Waals surface area contributed by atoms with E-state index in [1.165, 1.54) is 0 Å². The van der Waals surface area contributed by atoms with Gasteiger partial charge in [-0.05, 0) is 49.9 Å². The highest BCUT2D eigenvalue weighted by Gasteiger charge is 2.23. The van der Waals surface area contributed by atoms with E-state index >= 15 is 0 Å². The van der Waals surface area contributed by atoms with E-state index in [2.05, 4.69) is 16.6 Å². The van der Waals surface area contributed by atoms with Crippen molar-refractivity contribution >= 4 is 23.2 Å². The molecule has 0 aliphatic carbocycles. The van der Waals surface area contributed by atoms with Crippen LogP contribution in [0.15, 0.2) is 24.3 Å². The Labute approximate surface area is 143 Å². The molecule has 2 amide bonds. The first-order valence-electron chi connectivity index (χ1n) is 8.45. The number of terminal acetylenes is 1. The van der Waals surface area contributed by atoms with Crippen molar-refractivity contribution in [3.63, 3.8) is 0 Å². The molecule has 0 spiro atoms. The minimum absolute atomic E-state index is 0.00755. The van der Waals surface area contributed by atoms with Gasteiger partial charge in [0.2, 0.25) is 5.91 Å². The molecule has 1 aliphatic rings. The fourth-order valence-corrected chi connectivity index (χ4v) is 2.56. The van der Waals surface area contributed by atoms with Crippen LogP contribution in [0.4, 0.5) is 11.4 Å². The second-order valence-electron chi connectivity index (χ2n) is 5.88. The van der Waals surface area contributed by atoms with E-state index in [0.29, 0.717) is 18.7 Å².